The Labute approximate surface area is 134 Å². The summed E-state index contributed by atoms with van der Waals surface area (Å²) in [6, 6.07) is 12.1. The molecule has 121 valence electrons. The minimum Gasteiger partial charge on any atom is -0.254 e. The molecular weight excluding hydrogens is 503 g/mol. The summed E-state index contributed by atoms with van der Waals surface area (Å²) in [6.45, 7) is 0. The van der Waals surface area contributed by atoms with E-state index < -0.39 is 7.81 Å². The third kappa shape index (κ3) is 6.65. The molecule has 0 fully saturated rings. The number of benzene rings is 1. The molecule has 0 amide bonds. The van der Waals surface area contributed by atoms with Crippen LogP contribution in [0.3, 0.4) is 0 Å². The van der Waals surface area contributed by atoms with Crippen LogP contribution in [0.25, 0.3) is 21.8 Å². The van der Waals surface area contributed by atoms with E-state index >= 15 is 0 Å². The van der Waals surface area contributed by atoms with Gasteiger partial charge in [-0.2, -0.15) is 0 Å². The summed E-state index contributed by atoms with van der Waals surface area (Å²) < 4.78 is 59.2. The second kappa shape index (κ2) is 5.41. The normalized spacial score (nSPS) is 14.3. The van der Waals surface area contributed by atoms with Gasteiger partial charge in [0, 0.05) is 43.6 Å². The van der Waals surface area contributed by atoms with Crippen LogP contribution in [0.5, 0.6) is 0 Å². The van der Waals surface area contributed by atoms with E-state index in [1.54, 1.807) is 12.4 Å². The Hall–Kier alpha value is -1.29. The predicted molar refractivity (Wildman–Crippen MR) is 70.6 cm³/mol. The molecule has 0 unspecified atom stereocenters. The molecular formula is C12H8F6N2PRe-. The van der Waals surface area contributed by atoms with E-state index in [1.165, 1.54) is 0 Å². The number of rotatable bonds is 0. The quantitative estimate of drug-likeness (QED) is 0.205. The van der Waals surface area contributed by atoms with E-state index in [0.29, 0.717) is 0 Å². The Morgan fingerprint density at radius 1 is 0.636 bits per heavy atom. The van der Waals surface area contributed by atoms with Crippen molar-refractivity contribution in [3.8, 4) is 0 Å². The first-order valence-electron chi connectivity index (χ1n) is 5.55. The minimum absolute atomic E-state index is 0. The number of pyridine rings is 2. The van der Waals surface area contributed by atoms with Crippen molar-refractivity contribution < 1.29 is 45.6 Å². The van der Waals surface area contributed by atoms with Gasteiger partial charge in [0.15, 0.2) is 0 Å². The summed E-state index contributed by atoms with van der Waals surface area (Å²) in [6.07, 6.45) is 3.60. The van der Waals surface area contributed by atoms with Crippen molar-refractivity contribution in [3.63, 3.8) is 0 Å². The van der Waals surface area contributed by atoms with Crippen molar-refractivity contribution in [2.24, 2.45) is 0 Å². The molecule has 1 aromatic carbocycles. The molecule has 1 radical (unpaired) electrons. The van der Waals surface area contributed by atoms with Gasteiger partial charge in [0.1, 0.15) is 0 Å². The molecule has 0 saturated heterocycles. The summed E-state index contributed by atoms with van der Waals surface area (Å²) in [5.41, 5.74) is 1.95. The molecule has 0 aliphatic carbocycles. The summed E-state index contributed by atoms with van der Waals surface area (Å²) in [5.74, 6) is 0. The van der Waals surface area contributed by atoms with Crippen LogP contribution < -0.4 is 0 Å². The molecule has 3 rings (SSSR count). The third-order valence-electron chi connectivity index (χ3n) is 2.34. The smallest absolute Gasteiger partial charge is 0.0964 e. The fraction of sp³-hybridized carbons (Fsp3) is 0. The SMILES string of the molecule is F[P-](F)(F)(F)(F)F.[Re].c1cnc2c(c1)ccc1cccnc12. The van der Waals surface area contributed by atoms with Crippen molar-refractivity contribution in [1.29, 1.82) is 0 Å². The molecule has 10 heteroatoms. The monoisotopic (exact) mass is 512 g/mol. The van der Waals surface area contributed by atoms with Gasteiger partial charge in [-0.3, -0.25) is 9.97 Å². The number of hydrogen-bond donors (Lipinski definition) is 0. The summed E-state index contributed by atoms with van der Waals surface area (Å²) >= 11 is 0. The van der Waals surface area contributed by atoms with Crippen LogP contribution in [0, 0.1) is 0 Å². The van der Waals surface area contributed by atoms with Crippen LogP contribution in [0.4, 0.5) is 25.2 Å². The summed E-state index contributed by atoms with van der Waals surface area (Å²) in [7, 11) is -10.7. The third-order valence-corrected chi connectivity index (χ3v) is 2.34. The zero-order valence-electron chi connectivity index (χ0n) is 10.6. The number of halogens is 6. The summed E-state index contributed by atoms with van der Waals surface area (Å²) in [4.78, 5) is 8.69. The summed E-state index contributed by atoms with van der Waals surface area (Å²) in [5, 5.41) is 2.28. The molecule has 0 N–H and O–H groups in total. The Bertz CT molecular complexity index is 740. The Kier molecular flexibility index (Phi) is 4.62. The van der Waals surface area contributed by atoms with Crippen molar-refractivity contribution in [2.45, 2.75) is 0 Å². The molecule has 2 nitrogen and oxygen atoms in total. The van der Waals surface area contributed by atoms with Crippen LogP contribution in [0.1, 0.15) is 0 Å². The number of nitrogens with zero attached hydrogens (tertiary/aromatic N) is 2. The molecule has 0 aliphatic heterocycles. The van der Waals surface area contributed by atoms with E-state index in [0.717, 1.165) is 21.8 Å². The van der Waals surface area contributed by atoms with Gasteiger partial charge >= 0.3 is 33.0 Å². The van der Waals surface area contributed by atoms with Gasteiger partial charge in [0.05, 0.1) is 11.0 Å². The van der Waals surface area contributed by atoms with Crippen molar-refractivity contribution >= 4 is 29.6 Å². The van der Waals surface area contributed by atoms with Gasteiger partial charge in [0.2, 0.25) is 0 Å². The van der Waals surface area contributed by atoms with Gasteiger partial charge in [-0.1, -0.05) is 24.3 Å². The zero-order chi connectivity index (χ0) is 15.8. The van der Waals surface area contributed by atoms with Crippen LogP contribution in [0.2, 0.25) is 0 Å². The first kappa shape index (κ1) is 18.8. The van der Waals surface area contributed by atoms with Gasteiger partial charge in [-0.05, 0) is 12.1 Å². The molecule has 22 heavy (non-hydrogen) atoms. The molecule has 2 aromatic heterocycles. The van der Waals surface area contributed by atoms with Crippen molar-refractivity contribution in [2.75, 3.05) is 0 Å². The first-order chi connectivity index (χ1) is 9.40. The van der Waals surface area contributed by atoms with Gasteiger partial charge in [-0.15, -0.1) is 0 Å². The van der Waals surface area contributed by atoms with Crippen LogP contribution >= 0.6 is 7.81 Å². The van der Waals surface area contributed by atoms with Gasteiger partial charge < -0.3 is 0 Å². The average Bonchev–Trinajstić information content (AvgIpc) is 2.35. The molecule has 3 aromatic rings. The van der Waals surface area contributed by atoms with Crippen molar-refractivity contribution in [3.05, 3.63) is 48.8 Å². The molecule has 0 bridgehead atoms. The predicted octanol–water partition coefficient (Wildman–Crippen LogP) is 6.16. The fourth-order valence-electron chi connectivity index (χ4n) is 1.68. The average molecular weight is 511 g/mol. The minimum atomic E-state index is -10.7. The van der Waals surface area contributed by atoms with E-state index in [1.807, 2.05) is 12.1 Å². The van der Waals surface area contributed by atoms with Gasteiger partial charge in [0.25, 0.3) is 0 Å². The molecule has 0 atom stereocenters. The van der Waals surface area contributed by atoms with E-state index in [4.69, 9.17) is 0 Å². The maximum absolute atomic E-state index is 10.7. The second-order valence-electron chi connectivity index (χ2n) is 4.17. The second-order valence-corrected chi connectivity index (χ2v) is 6.09. The molecule has 0 aliphatic rings. The standard InChI is InChI=1S/C12H8N2.F6P.Re/c1-3-9-5-6-10-4-2-8-14-12(10)11(9)13-7-1;1-7(2,3,4,5)6;/h1-8H;;/q;-1;. The van der Waals surface area contributed by atoms with Crippen LogP contribution in [0.15, 0.2) is 48.8 Å². The van der Waals surface area contributed by atoms with E-state index in [-0.39, 0.29) is 20.4 Å². The topological polar surface area (TPSA) is 25.8 Å². The van der Waals surface area contributed by atoms with Crippen molar-refractivity contribution in [1.82, 2.24) is 9.97 Å². The number of fused-ring (bicyclic) bond motifs is 3. The molecule has 2 heterocycles. The van der Waals surface area contributed by atoms with Crippen LogP contribution in [-0.4, -0.2) is 9.97 Å². The maximum atomic E-state index is 9.87. The fourth-order valence-corrected chi connectivity index (χ4v) is 1.68. The number of aromatic nitrogens is 2. The Morgan fingerprint density at radius 2 is 0.955 bits per heavy atom. The molecule has 0 saturated carbocycles. The Balaban J connectivity index is 0.000000264. The first-order valence-corrected chi connectivity index (χ1v) is 7.58. The zero-order valence-corrected chi connectivity index (χ0v) is 14.2. The van der Waals surface area contributed by atoms with Gasteiger partial charge in [-0.25, -0.2) is 0 Å². The molecule has 0 spiro atoms. The number of hydrogen-bond acceptors (Lipinski definition) is 2. The largest absolute Gasteiger partial charge is 0.254 e. The van der Waals surface area contributed by atoms with E-state index in [2.05, 4.69) is 34.2 Å². The van der Waals surface area contributed by atoms with Crippen LogP contribution in [-0.2, 0) is 20.4 Å². The van der Waals surface area contributed by atoms with E-state index in [9.17, 15) is 25.2 Å². The maximum Gasteiger partial charge on any atom is 0.0964 e. The Morgan fingerprint density at radius 3 is 1.27 bits per heavy atom.